The van der Waals surface area contributed by atoms with Crippen LogP contribution in [0, 0.1) is 6.92 Å². The number of aryl methyl sites for hydroxylation is 1. The molecule has 0 spiro atoms. The Labute approximate surface area is 111 Å². The average molecular weight is 258 g/mol. The molecule has 1 saturated heterocycles. The average Bonchev–Trinajstić information content (AvgIpc) is 2.33. The first-order chi connectivity index (χ1) is 9.22. The van der Waals surface area contributed by atoms with Crippen molar-refractivity contribution in [2.24, 2.45) is 0 Å². The van der Waals surface area contributed by atoms with Crippen LogP contribution in [-0.4, -0.2) is 11.9 Å². The minimum atomic E-state index is -0.247. The summed E-state index contributed by atoms with van der Waals surface area (Å²) in [6, 6.07) is 12.4. The number of benzene rings is 2. The normalized spacial score (nSPS) is 15.0. The van der Waals surface area contributed by atoms with E-state index < -0.39 is 0 Å². The van der Waals surface area contributed by atoms with Crippen LogP contribution in [0.5, 0.6) is 17.2 Å². The van der Waals surface area contributed by atoms with Gasteiger partial charge < -0.3 is 19.3 Å². The van der Waals surface area contributed by atoms with Crippen LogP contribution in [0.3, 0.4) is 0 Å². The lowest BCUT2D eigenvalue weighted by atomic mass is 10.1. The smallest absolute Gasteiger partial charge is 0.189 e. The molecule has 0 aromatic heterocycles. The second kappa shape index (κ2) is 4.91. The summed E-state index contributed by atoms with van der Waals surface area (Å²) in [5.41, 5.74) is 2.07. The molecule has 3 rings (SSSR count). The molecule has 2 aromatic rings. The Kier molecular flexibility index (Phi) is 3.11. The van der Waals surface area contributed by atoms with Crippen LogP contribution in [0.1, 0.15) is 17.4 Å². The summed E-state index contributed by atoms with van der Waals surface area (Å²) in [6.07, 6.45) is -0.247. The number of phenols is 1. The largest absolute Gasteiger partial charge is 0.508 e. The van der Waals surface area contributed by atoms with E-state index in [4.69, 9.17) is 14.2 Å². The van der Waals surface area contributed by atoms with Gasteiger partial charge in [0.05, 0.1) is 0 Å². The predicted octanol–water partition coefficient (Wildman–Crippen LogP) is 3.50. The molecular formula is C15H14O4. The molecule has 4 nitrogen and oxygen atoms in total. The van der Waals surface area contributed by atoms with Crippen LogP contribution < -0.4 is 4.74 Å². The lowest BCUT2D eigenvalue weighted by molar-refractivity contribution is -0.327. The topological polar surface area (TPSA) is 47.9 Å². The second-order valence-electron chi connectivity index (χ2n) is 4.40. The van der Waals surface area contributed by atoms with Gasteiger partial charge in [0.25, 0.3) is 0 Å². The van der Waals surface area contributed by atoms with Crippen molar-refractivity contribution in [3.63, 3.8) is 0 Å². The third-order valence-corrected chi connectivity index (χ3v) is 3.01. The zero-order valence-electron chi connectivity index (χ0n) is 10.5. The highest BCUT2D eigenvalue weighted by Gasteiger charge is 2.22. The molecule has 0 amide bonds. The fourth-order valence-corrected chi connectivity index (χ4v) is 1.94. The van der Waals surface area contributed by atoms with Crippen LogP contribution in [0.4, 0.5) is 0 Å². The molecule has 19 heavy (non-hydrogen) atoms. The molecule has 1 fully saturated rings. The molecule has 0 radical (unpaired) electrons. The lowest BCUT2D eigenvalue weighted by Gasteiger charge is -2.28. The van der Waals surface area contributed by atoms with Gasteiger partial charge in [-0.1, -0.05) is 0 Å². The third-order valence-electron chi connectivity index (χ3n) is 3.01. The first kappa shape index (κ1) is 12.0. The van der Waals surface area contributed by atoms with Crippen LogP contribution in [0.25, 0.3) is 0 Å². The van der Waals surface area contributed by atoms with E-state index >= 15 is 0 Å². The van der Waals surface area contributed by atoms with Gasteiger partial charge in [-0.25, -0.2) is 0 Å². The highest BCUT2D eigenvalue weighted by Crippen LogP contribution is 2.32. The molecule has 0 bridgehead atoms. The minimum absolute atomic E-state index is 0.221. The van der Waals surface area contributed by atoms with Gasteiger partial charge in [-0.15, -0.1) is 0 Å². The SMILES string of the molecule is Cc1cc(Oc2ccc(O)cc2)ccc1C1OCO1. The monoisotopic (exact) mass is 258 g/mol. The number of ether oxygens (including phenoxy) is 3. The van der Waals surface area contributed by atoms with Gasteiger partial charge in [0.2, 0.25) is 0 Å². The number of rotatable bonds is 3. The van der Waals surface area contributed by atoms with Gasteiger partial charge in [-0.05, 0) is 55.0 Å². The van der Waals surface area contributed by atoms with Crippen LogP contribution in [0.2, 0.25) is 0 Å². The Morgan fingerprint density at radius 1 is 1.05 bits per heavy atom. The Balaban J connectivity index is 1.78. The molecule has 2 aromatic carbocycles. The van der Waals surface area contributed by atoms with Crippen LogP contribution in [-0.2, 0) is 9.47 Å². The molecule has 0 saturated carbocycles. The summed E-state index contributed by atoms with van der Waals surface area (Å²) in [7, 11) is 0. The first-order valence-electron chi connectivity index (χ1n) is 6.03. The van der Waals surface area contributed by atoms with Gasteiger partial charge in [-0.2, -0.15) is 0 Å². The fraction of sp³-hybridized carbons (Fsp3) is 0.200. The lowest BCUT2D eigenvalue weighted by Crippen LogP contribution is -2.22. The number of hydrogen-bond donors (Lipinski definition) is 1. The van der Waals surface area contributed by atoms with Crippen molar-refractivity contribution < 1.29 is 19.3 Å². The quantitative estimate of drug-likeness (QED) is 0.915. The molecule has 0 unspecified atom stereocenters. The molecule has 98 valence electrons. The van der Waals surface area contributed by atoms with Crippen molar-refractivity contribution in [3.8, 4) is 17.2 Å². The standard InChI is InChI=1S/C15H14O4/c1-10-8-13(6-7-14(10)15-17-9-18-15)19-12-4-2-11(16)3-5-12/h2-8,15-16H,9H2,1H3. The van der Waals surface area contributed by atoms with E-state index in [2.05, 4.69) is 0 Å². The highest BCUT2D eigenvalue weighted by atomic mass is 16.8. The van der Waals surface area contributed by atoms with E-state index in [0.29, 0.717) is 12.5 Å². The number of hydrogen-bond acceptors (Lipinski definition) is 4. The van der Waals surface area contributed by atoms with E-state index in [1.54, 1.807) is 24.3 Å². The summed E-state index contributed by atoms with van der Waals surface area (Å²) in [4.78, 5) is 0. The van der Waals surface area contributed by atoms with Gasteiger partial charge in [0, 0.05) is 5.56 Å². The first-order valence-corrected chi connectivity index (χ1v) is 6.03. The van der Waals surface area contributed by atoms with Crippen LogP contribution >= 0.6 is 0 Å². The van der Waals surface area contributed by atoms with Crippen molar-refractivity contribution in [1.82, 2.24) is 0 Å². The zero-order chi connectivity index (χ0) is 13.2. The Hall–Kier alpha value is -2.04. The summed E-state index contributed by atoms with van der Waals surface area (Å²) < 4.78 is 16.3. The summed E-state index contributed by atoms with van der Waals surface area (Å²) in [5.74, 6) is 1.64. The van der Waals surface area contributed by atoms with Gasteiger partial charge >= 0.3 is 0 Å². The van der Waals surface area contributed by atoms with Crippen molar-refractivity contribution in [1.29, 1.82) is 0 Å². The molecular weight excluding hydrogens is 244 g/mol. The van der Waals surface area contributed by atoms with E-state index in [1.807, 2.05) is 25.1 Å². The maximum absolute atomic E-state index is 9.21. The molecule has 0 atom stereocenters. The van der Waals surface area contributed by atoms with E-state index in [1.165, 1.54) is 0 Å². The molecule has 0 aliphatic carbocycles. The van der Waals surface area contributed by atoms with Crippen LogP contribution in [0.15, 0.2) is 42.5 Å². The summed E-state index contributed by atoms with van der Waals surface area (Å²) >= 11 is 0. The van der Waals surface area contributed by atoms with E-state index in [0.717, 1.165) is 16.9 Å². The van der Waals surface area contributed by atoms with Crippen molar-refractivity contribution in [2.75, 3.05) is 6.79 Å². The predicted molar refractivity (Wildman–Crippen MR) is 69.1 cm³/mol. The number of phenolic OH excluding ortho intramolecular Hbond substituents is 1. The Bertz CT molecular complexity index is 573. The zero-order valence-corrected chi connectivity index (χ0v) is 10.5. The molecule has 4 heteroatoms. The summed E-state index contributed by atoms with van der Waals surface area (Å²) in [5, 5.41) is 9.21. The Morgan fingerprint density at radius 3 is 2.32 bits per heavy atom. The van der Waals surface area contributed by atoms with Crippen molar-refractivity contribution >= 4 is 0 Å². The highest BCUT2D eigenvalue weighted by molar-refractivity contribution is 5.39. The van der Waals surface area contributed by atoms with Gasteiger partial charge in [0.15, 0.2) is 13.1 Å². The van der Waals surface area contributed by atoms with E-state index in [9.17, 15) is 5.11 Å². The maximum Gasteiger partial charge on any atom is 0.189 e. The second-order valence-corrected chi connectivity index (χ2v) is 4.40. The van der Waals surface area contributed by atoms with Gasteiger partial charge in [-0.3, -0.25) is 0 Å². The number of aromatic hydroxyl groups is 1. The Morgan fingerprint density at radius 2 is 1.74 bits per heavy atom. The minimum Gasteiger partial charge on any atom is -0.508 e. The fourth-order valence-electron chi connectivity index (χ4n) is 1.94. The molecule has 1 N–H and O–H groups in total. The molecule has 1 aliphatic heterocycles. The third kappa shape index (κ3) is 2.54. The molecule has 1 aliphatic rings. The van der Waals surface area contributed by atoms with Crippen molar-refractivity contribution in [3.05, 3.63) is 53.6 Å². The van der Waals surface area contributed by atoms with Gasteiger partial charge in [0.1, 0.15) is 17.2 Å². The van der Waals surface area contributed by atoms with E-state index in [-0.39, 0.29) is 12.0 Å². The van der Waals surface area contributed by atoms with Crippen molar-refractivity contribution in [2.45, 2.75) is 13.2 Å². The molecule has 1 heterocycles. The maximum atomic E-state index is 9.21. The summed E-state index contributed by atoms with van der Waals surface area (Å²) in [6.45, 7) is 2.35.